The number of carbonyl (C=O) groups excluding carboxylic acids is 1. The van der Waals surface area contributed by atoms with Gasteiger partial charge in [0.1, 0.15) is 12.7 Å². The Balaban J connectivity index is 4.24. The molecule has 1 N–H and O–H groups in total. The molecule has 0 saturated carbocycles. The predicted molar refractivity (Wildman–Crippen MR) is 245 cm³/mol. The maximum Gasteiger partial charge on any atom is 0.407 e. The van der Waals surface area contributed by atoms with Crippen LogP contribution in [-0.4, -0.2) is 69.7 Å². The molecule has 6 nitrogen and oxygen atoms in total. The molecule has 0 aliphatic carbocycles. The van der Waals surface area contributed by atoms with Crippen molar-refractivity contribution in [3.63, 3.8) is 0 Å². The Labute approximate surface area is 350 Å². The van der Waals surface area contributed by atoms with Crippen molar-refractivity contribution in [2.45, 2.75) is 239 Å². The molecule has 0 radical (unpaired) electrons. The van der Waals surface area contributed by atoms with E-state index in [1.807, 2.05) is 0 Å². The smallest absolute Gasteiger partial charge is 0.407 e. The summed E-state index contributed by atoms with van der Waals surface area (Å²) in [4.78, 5) is 15.0. The van der Waals surface area contributed by atoms with Crippen molar-refractivity contribution < 1.29 is 19.0 Å². The van der Waals surface area contributed by atoms with Crippen LogP contribution in [0.25, 0.3) is 0 Å². The van der Waals surface area contributed by atoms with Crippen molar-refractivity contribution in [3.05, 3.63) is 24.3 Å². The third-order valence-corrected chi connectivity index (χ3v) is 10.9. The molecule has 1 atom stereocenters. The second-order valence-electron chi connectivity index (χ2n) is 16.5. The predicted octanol–water partition coefficient (Wildman–Crippen LogP) is 15.1. The summed E-state index contributed by atoms with van der Waals surface area (Å²) in [5, 5.41) is 2.97. The summed E-state index contributed by atoms with van der Waals surface area (Å²) >= 11 is 0. The van der Waals surface area contributed by atoms with E-state index in [9.17, 15) is 4.79 Å². The molecule has 332 valence electrons. The molecule has 1 amide bonds. The second kappa shape index (κ2) is 48.0. The fourth-order valence-corrected chi connectivity index (χ4v) is 7.04. The van der Waals surface area contributed by atoms with E-state index in [4.69, 9.17) is 14.2 Å². The van der Waals surface area contributed by atoms with Crippen molar-refractivity contribution >= 4 is 6.09 Å². The number of hydrogen-bond donors (Lipinski definition) is 1. The molecule has 0 rings (SSSR count). The quantitative estimate of drug-likeness (QED) is 0.0491. The van der Waals surface area contributed by atoms with Crippen LogP contribution >= 0.6 is 0 Å². The Morgan fingerprint density at radius 1 is 0.464 bits per heavy atom. The number of alkyl carbamates (subject to hydrolysis) is 1. The van der Waals surface area contributed by atoms with Crippen LogP contribution < -0.4 is 5.32 Å². The summed E-state index contributed by atoms with van der Waals surface area (Å²) in [5.74, 6) is 0. The van der Waals surface area contributed by atoms with Crippen LogP contribution in [0.4, 0.5) is 4.79 Å². The number of nitrogens with one attached hydrogen (secondary N) is 1. The van der Waals surface area contributed by atoms with Gasteiger partial charge in [-0.2, -0.15) is 0 Å². The lowest BCUT2D eigenvalue weighted by molar-refractivity contribution is -0.0468. The number of amides is 1. The van der Waals surface area contributed by atoms with Gasteiger partial charge in [0, 0.05) is 26.3 Å². The third-order valence-electron chi connectivity index (χ3n) is 10.9. The number of hydrogen-bond acceptors (Lipinski definition) is 5. The summed E-state index contributed by atoms with van der Waals surface area (Å²) in [7, 11) is 0. The lowest BCUT2D eigenvalue weighted by Crippen LogP contribution is -2.37. The normalized spacial score (nSPS) is 12.4. The van der Waals surface area contributed by atoms with E-state index in [1.54, 1.807) is 0 Å². The van der Waals surface area contributed by atoms with Crippen molar-refractivity contribution in [2.75, 3.05) is 52.6 Å². The topological polar surface area (TPSA) is 60.0 Å². The van der Waals surface area contributed by atoms with E-state index in [-0.39, 0.29) is 18.8 Å². The van der Waals surface area contributed by atoms with Crippen LogP contribution in [0.15, 0.2) is 24.3 Å². The van der Waals surface area contributed by atoms with Gasteiger partial charge in [0.25, 0.3) is 0 Å². The van der Waals surface area contributed by atoms with Crippen molar-refractivity contribution in [1.29, 1.82) is 0 Å². The van der Waals surface area contributed by atoms with Crippen LogP contribution in [0.3, 0.4) is 0 Å². The maximum atomic E-state index is 12.6. The fourth-order valence-electron chi connectivity index (χ4n) is 7.04. The van der Waals surface area contributed by atoms with Crippen LogP contribution in [0, 0.1) is 0 Å². The van der Waals surface area contributed by atoms with Gasteiger partial charge in [0.2, 0.25) is 0 Å². The SMILES string of the molecule is CCCCCCCCC=CCCCCCCCCOCC(COC(=O)NCCN(CCCC)CCCC)OCCCCCCCCC=CCCCCCCCC. The molecular formula is C50H98N2O4. The molecule has 0 aliphatic heterocycles. The summed E-state index contributed by atoms with van der Waals surface area (Å²) < 4.78 is 17.9. The molecule has 56 heavy (non-hydrogen) atoms. The molecule has 0 bridgehead atoms. The number of ether oxygens (including phenoxy) is 3. The Bertz CT molecular complexity index is 811. The molecule has 0 aromatic heterocycles. The molecule has 0 aromatic carbocycles. The number of rotatable bonds is 46. The van der Waals surface area contributed by atoms with E-state index in [2.05, 4.69) is 62.2 Å². The van der Waals surface area contributed by atoms with Crippen LogP contribution in [0.1, 0.15) is 233 Å². The van der Waals surface area contributed by atoms with E-state index in [0.29, 0.717) is 19.8 Å². The molecule has 0 heterocycles. The maximum absolute atomic E-state index is 12.6. The molecule has 0 aliphatic rings. The first kappa shape index (κ1) is 54.6. The van der Waals surface area contributed by atoms with Crippen molar-refractivity contribution in [2.24, 2.45) is 0 Å². The first-order valence-electron chi connectivity index (χ1n) is 24.8. The lowest BCUT2D eigenvalue weighted by atomic mass is 10.1. The summed E-state index contributed by atoms with van der Waals surface area (Å²) in [6, 6.07) is 0. The highest BCUT2D eigenvalue weighted by Gasteiger charge is 2.14. The monoisotopic (exact) mass is 791 g/mol. The Morgan fingerprint density at radius 2 is 0.857 bits per heavy atom. The number of nitrogens with zero attached hydrogens (tertiary/aromatic N) is 1. The first-order valence-corrected chi connectivity index (χ1v) is 24.8. The Kier molecular flexibility index (Phi) is 46.8. The minimum Gasteiger partial charge on any atom is -0.447 e. The standard InChI is InChI=1S/C50H98N2O4/c1-5-9-13-15-17-19-21-23-25-27-29-31-33-35-37-39-45-54-47-49(48-56-50(53)51-41-44-52(42-11-7-3)43-12-8-4)55-46-40-38-36-34-32-30-28-26-24-22-20-18-16-14-10-6-2/h23-26,49H,5-22,27-48H2,1-4H3,(H,51,53). The van der Waals surface area contributed by atoms with Gasteiger partial charge in [-0.05, 0) is 90.1 Å². The van der Waals surface area contributed by atoms with Crippen molar-refractivity contribution in [1.82, 2.24) is 10.2 Å². The van der Waals surface area contributed by atoms with E-state index in [0.717, 1.165) is 39.1 Å². The first-order chi connectivity index (χ1) is 27.7. The van der Waals surface area contributed by atoms with E-state index < -0.39 is 0 Å². The van der Waals surface area contributed by atoms with Gasteiger partial charge in [-0.3, -0.25) is 0 Å². The molecular weight excluding hydrogens is 693 g/mol. The van der Waals surface area contributed by atoms with E-state index >= 15 is 0 Å². The average molecular weight is 791 g/mol. The molecule has 0 aromatic rings. The highest BCUT2D eigenvalue weighted by Crippen LogP contribution is 2.12. The Hall–Kier alpha value is -1.37. The minimum atomic E-state index is -0.352. The average Bonchev–Trinajstić information content (AvgIpc) is 3.21. The zero-order valence-electron chi connectivity index (χ0n) is 38.3. The fraction of sp³-hybridized carbons (Fsp3) is 0.900. The number of carbonyl (C=O) groups is 1. The third kappa shape index (κ3) is 43.7. The largest absolute Gasteiger partial charge is 0.447 e. The van der Waals surface area contributed by atoms with Gasteiger partial charge in [-0.1, -0.05) is 180 Å². The number of allylic oxidation sites excluding steroid dienone is 4. The molecule has 0 fully saturated rings. The van der Waals surface area contributed by atoms with Crippen LogP contribution in [-0.2, 0) is 14.2 Å². The Morgan fingerprint density at radius 3 is 1.30 bits per heavy atom. The summed E-state index contributed by atoms with van der Waals surface area (Å²) in [6.07, 6.45) is 50.2. The van der Waals surface area contributed by atoms with Crippen molar-refractivity contribution in [3.8, 4) is 0 Å². The van der Waals surface area contributed by atoms with Gasteiger partial charge in [-0.25, -0.2) is 4.79 Å². The van der Waals surface area contributed by atoms with Gasteiger partial charge in [0.15, 0.2) is 0 Å². The van der Waals surface area contributed by atoms with E-state index in [1.165, 1.54) is 193 Å². The lowest BCUT2D eigenvalue weighted by Gasteiger charge is -2.22. The molecule has 6 heteroatoms. The molecule has 1 unspecified atom stereocenters. The zero-order chi connectivity index (χ0) is 40.7. The highest BCUT2D eigenvalue weighted by atomic mass is 16.6. The molecule has 0 spiro atoms. The van der Waals surface area contributed by atoms with Gasteiger partial charge in [-0.15, -0.1) is 0 Å². The molecule has 0 saturated heterocycles. The highest BCUT2D eigenvalue weighted by molar-refractivity contribution is 5.67. The van der Waals surface area contributed by atoms with Crippen LogP contribution in [0.2, 0.25) is 0 Å². The zero-order valence-corrected chi connectivity index (χ0v) is 38.3. The van der Waals surface area contributed by atoms with Crippen LogP contribution in [0.5, 0.6) is 0 Å². The summed E-state index contributed by atoms with van der Waals surface area (Å²) in [5.41, 5.74) is 0. The summed E-state index contributed by atoms with van der Waals surface area (Å²) in [6.45, 7) is 14.8. The minimum absolute atomic E-state index is 0.219. The second-order valence-corrected chi connectivity index (χ2v) is 16.5. The van der Waals surface area contributed by atoms with Gasteiger partial charge < -0.3 is 24.4 Å². The number of unbranched alkanes of at least 4 members (excludes halogenated alkanes) is 26. The van der Waals surface area contributed by atoms with Gasteiger partial charge in [0.05, 0.1) is 6.61 Å². The van der Waals surface area contributed by atoms with Gasteiger partial charge >= 0.3 is 6.09 Å².